The number of amides is 1. The highest BCUT2D eigenvalue weighted by Gasteiger charge is 2.15. The van der Waals surface area contributed by atoms with Gasteiger partial charge in [-0.25, -0.2) is 0 Å². The first-order valence-electron chi connectivity index (χ1n) is 7.19. The maximum Gasteiger partial charge on any atom is 0.244 e. The quantitative estimate of drug-likeness (QED) is 0.861. The van der Waals surface area contributed by atoms with Crippen LogP contribution >= 0.6 is 0 Å². The number of hydrogen-bond donors (Lipinski definition) is 1. The molecule has 1 aromatic carbocycles. The zero-order valence-corrected chi connectivity index (χ0v) is 11.4. The number of ether oxygens (including phenoxy) is 2. The first-order chi connectivity index (χ1) is 9.81. The number of rotatable bonds is 3. The second kappa shape index (κ2) is 5.99. The standard InChI is InChI=1S/C16H19NO3/c18-16(17-13-4-2-1-3-5-13)9-7-12-6-8-14-15(10-12)20-11-19-14/h6-10,13H,1-5,11H2,(H,17,18)/b9-7-. The van der Waals surface area contributed by atoms with Crippen molar-refractivity contribution >= 4 is 12.0 Å². The molecule has 0 atom stereocenters. The minimum Gasteiger partial charge on any atom is -0.454 e. The average molecular weight is 273 g/mol. The van der Waals surface area contributed by atoms with Gasteiger partial charge in [0.15, 0.2) is 11.5 Å². The van der Waals surface area contributed by atoms with E-state index < -0.39 is 0 Å². The Balaban J connectivity index is 1.57. The molecule has 20 heavy (non-hydrogen) atoms. The third-order valence-electron chi connectivity index (χ3n) is 3.78. The second-order valence-electron chi connectivity index (χ2n) is 5.29. The Morgan fingerprint density at radius 2 is 1.95 bits per heavy atom. The third-order valence-corrected chi connectivity index (χ3v) is 3.78. The van der Waals surface area contributed by atoms with Crippen LogP contribution in [0.4, 0.5) is 0 Å². The Morgan fingerprint density at radius 3 is 2.80 bits per heavy atom. The molecule has 1 N–H and O–H groups in total. The van der Waals surface area contributed by atoms with Gasteiger partial charge in [-0.2, -0.15) is 0 Å². The maximum absolute atomic E-state index is 11.9. The molecule has 0 saturated heterocycles. The topological polar surface area (TPSA) is 47.6 Å². The molecular weight excluding hydrogens is 254 g/mol. The summed E-state index contributed by atoms with van der Waals surface area (Å²) in [5.41, 5.74) is 0.938. The second-order valence-corrected chi connectivity index (χ2v) is 5.29. The largest absolute Gasteiger partial charge is 0.454 e. The molecule has 0 spiro atoms. The molecule has 1 aliphatic heterocycles. The van der Waals surface area contributed by atoms with Crippen molar-refractivity contribution in [1.29, 1.82) is 0 Å². The molecule has 1 heterocycles. The Kier molecular flexibility index (Phi) is 3.90. The van der Waals surface area contributed by atoms with Crippen molar-refractivity contribution in [3.05, 3.63) is 29.8 Å². The molecule has 0 radical (unpaired) electrons. The molecule has 4 heteroatoms. The van der Waals surface area contributed by atoms with Gasteiger partial charge in [0.05, 0.1) is 0 Å². The Labute approximate surface area is 118 Å². The van der Waals surface area contributed by atoms with Crippen LogP contribution in [0.3, 0.4) is 0 Å². The van der Waals surface area contributed by atoms with E-state index in [-0.39, 0.29) is 12.7 Å². The first kappa shape index (κ1) is 13.0. The van der Waals surface area contributed by atoms with Crippen molar-refractivity contribution in [1.82, 2.24) is 5.32 Å². The van der Waals surface area contributed by atoms with Crippen LogP contribution in [-0.4, -0.2) is 18.7 Å². The molecule has 2 aliphatic rings. The van der Waals surface area contributed by atoms with Crippen LogP contribution in [0.25, 0.3) is 6.08 Å². The average Bonchev–Trinajstić information content (AvgIpc) is 2.93. The van der Waals surface area contributed by atoms with Gasteiger partial charge in [-0.1, -0.05) is 25.3 Å². The highest BCUT2D eigenvalue weighted by atomic mass is 16.7. The fraction of sp³-hybridized carbons (Fsp3) is 0.438. The first-order valence-corrected chi connectivity index (χ1v) is 7.19. The van der Waals surface area contributed by atoms with Crippen molar-refractivity contribution < 1.29 is 14.3 Å². The minimum atomic E-state index is -0.0189. The minimum absolute atomic E-state index is 0.0189. The highest BCUT2D eigenvalue weighted by molar-refractivity contribution is 5.92. The van der Waals surface area contributed by atoms with Crippen LogP contribution in [0.2, 0.25) is 0 Å². The van der Waals surface area contributed by atoms with E-state index in [1.165, 1.54) is 19.3 Å². The van der Waals surface area contributed by atoms with E-state index in [2.05, 4.69) is 5.32 Å². The third kappa shape index (κ3) is 3.13. The maximum atomic E-state index is 11.9. The number of nitrogens with one attached hydrogen (secondary N) is 1. The summed E-state index contributed by atoms with van der Waals surface area (Å²) in [6.07, 6.45) is 9.33. The van der Waals surface area contributed by atoms with Gasteiger partial charge < -0.3 is 14.8 Å². The Bertz CT molecular complexity index is 518. The lowest BCUT2D eigenvalue weighted by molar-refractivity contribution is -0.117. The monoisotopic (exact) mass is 273 g/mol. The summed E-state index contributed by atoms with van der Waals surface area (Å²) in [4.78, 5) is 11.9. The molecule has 1 fully saturated rings. The lowest BCUT2D eigenvalue weighted by atomic mass is 9.95. The fourth-order valence-electron chi connectivity index (χ4n) is 2.68. The number of hydrogen-bond acceptors (Lipinski definition) is 3. The number of benzene rings is 1. The van der Waals surface area contributed by atoms with Crippen LogP contribution in [0.1, 0.15) is 37.7 Å². The smallest absolute Gasteiger partial charge is 0.244 e. The molecule has 4 nitrogen and oxygen atoms in total. The van der Waals surface area contributed by atoms with Crippen LogP contribution in [0.15, 0.2) is 24.3 Å². The van der Waals surface area contributed by atoms with Gasteiger partial charge in [-0.15, -0.1) is 0 Å². The summed E-state index contributed by atoms with van der Waals surface area (Å²) in [7, 11) is 0. The van der Waals surface area contributed by atoms with Gasteiger partial charge in [0.2, 0.25) is 12.7 Å². The van der Waals surface area contributed by atoms with E-state index in [4.69, 9.17) is 9.47 Å². The molecule has 1 amide bonds. The van der Waals surface area contributed by atoms with Crippen molar-refractivity contribution in [3.8, 4) is 11.5 Å². The molecular formula is C16H19NO3. The lowest BCUT2D eigenvalue weighted by Gasteiger charge is -2.21. The van der Waals surface area contributed by atoms with E-state index in [0.717, 1.165) is 29.9 Å². The van der Waals surface area contributed by atoms with Gasteiger partial charge in [-0.05, 0) is 36.6 Å². The van der Waals surface area contributed by atoms with Crippen LogP contribution < -0.4 is 14.8 Å². The van der Waals surface area contributed by atoms with Gasteiger partial charge >= 0.3 is 0 Å². The van der Waals surface area contributed by atoms with Crippen LogP contribution in [0.5, 0.6) is 11.5 Å². The van der Waals surface area contributed by atoms with Gasteiger partial charge in [0, 0.05) is 12.1 Å². The van der Waals surface area contributed by atoms with E-state index in [0.29, 0.717) is 6.04 Å². The predicted molar refractivity (Wildman–Crippen MR) is 76.6 cm³/mol. The summed E-state index contributed by atoms with van der Waals surface area (Å²) in [6.45, 7) is 0.269. The van der Waals surface area contributed by atoms with Crippen molar-refractivity contribution in [2.75, 3.05) is 6.79 Å². The predicted octanol–water partition coefficient (Wildman–Crippen LogP) is 2.88. The van der Waals surface area contributed by atoms with Crippen molar-refractivity contribution in [2.24, 2.45) is 0 Å². The summed E-state index contributed by atoms with van der Waals surface area (Å²) < 4.78 is 10.6. The SMILES string of the molecule is O=C(/C=C\c1ccc2c(c1)OCO2)NC1CCCCC1. The zero-order chi connectivity index (χ0) is 13.8. The summed E-state index contributed by atoms with van der Waals surface area (Å²) >= 11 is 0. The van der Waals surface area contributed by atoms with Gasteiger partial charge in [-0.3, -0.25) is 4.79 Å². The number of fused-ring (bicyclic) bond motifs is 1. The molecule has 1 saturated carbocycles. The van der Waals surface area contributed by atoms with E-state index in [1.807, 2.05) is 18.2 Å². The molecule has 0 aromatic heterocycles. The number of carbonyl (C=O) groups excluding carboxylic acids is 1. The van der Waals surface area contributed by atoms with E-state index in [9.17, 15) is 4.79 Å². The zero-order valence-electron chi connectivity index (χ0n) is 11.4. The van der Waals surface area contributed by atoms with E-state index in [1.54, 1.807) is 12.2 Å². The van der Waals surface area contributed by atoms with Crippen LogP contribution in [-0.2, 0) is 4.79 Å². The highest BCUT2D eigenvalue weighted by Crippen LogP contribution is 2.32. The normalized spacial score (nSPS) is 18.4. The van der Waals surface area contributed by atoms with Gasteiger partial charge in [0.1, 0.15) is 0 Å². The molecule has 106 valence electrons. The summed E-state index contributed by atoms with van der Waals surface area (Å²) in [5, 5.41) is 3.06. The molecule has 1 aliphatic carbocycles. The van der Waals surface area contributed by atoms with Crippen LogP contribution in [0, 0.1) is 0 Å². The van der Waals surface area contributed by atoms with Gasteiger partial charge in [0.25, 0.3) is 0 Å². The molecule has 0 unspecified atom stereocenters. The fourth-order valence-corrected chi connectivity index (χ4v) is 2.68. The Morgan fingerprint density at radius 1 is 1.15 bits per heavy atom. The summed E-state index contributed by atoms with van der Waals surface area (Å²) in [5.74, 6) is 1.48. The lowest BCUT2D eigenvalue weighted by Crippen LogP contribution is -2.34. The molecule has 1 aromatic rings. The molecule has 0 bridgehead atoms. The molecule has 3 rings (SSSR count). The Hall–Kier alpha value is -1.97. The summed E-state index contributed by atoms with van der Waals surface area (Å²) in [6, 6.07) is 6.00. The van der Waals surface area contributed by atoms with Crippen molar-refractivity contribution in [2.45, 2.75) is 38.1 Å². The van der Waals surface area contributed by atoms with E-state index >= 15 is 0 Å². The van der Waals surface area contributed by atoms with Crippen molar-refractivity contribution in [3.63, 3.8) is 0 Å². The number of carbonyl (C=O) groups is 1.